The maximum Gasteiger partial charge on any atom is 0.417 e. The van der Waals surface area contributed by atoms with Crippen LogP contribution in [0.5, 0.6) is 0 Å². The van der Waals surface area contributed by atoms with E-state index in [1.54, 1.807) is 12.1 Å². The molecule has 182 valence electrons. The van der Waals surface area contributed by atoms with Crippen LogP contribution in [0, 0.1) is 6.92 Å². The largest absolute Gasteiger partial charge is 0.417 e. The van der Waals surface area contributed by atoms with E-state index < -0.39 is 23.8 Å². The maximum absolute atomic E-state index is 12.9. The molecule has 2 heterocycles. The van der Waals surface area contributed by atoms with Crippen molar-refractivity contribution in [3.8, 4) is 11.1 Å². The summed E-state index contributed by atoms with van der Waals surface area (Å²) in [5.41, 5.74) is 2.06. The van der Waals surface area contributed by atoms with Crippen molar-refractivity contribution in [1.82, 2.24) is 15.2 Å². The first-order chi connectivity index (χ1) is 16.5. The van der Waals surface area contributed by atoms with Gasteiger partial charge in [0.25, 0.3) is 11.8 Å². The number of nitrogens with one attached hydrogen (secondary N) is 1. The lowest BCUT2D eigenvalue weighted by Gasteiger charge is -2.36. The molecule has 0 spiro atoms. The molecule has 2 aromatic carbocycles. The molecule has 1 aliphatic rings. The third-order valence-electron chi connectivity index (χ3n) is 5.64. The van der Waals surface area contributed by atoms with Crippen LogP contribution in [-0.4, -0.2) is 46.0 Å². The second-order valence-electron chi connectivity index (χ2n) is 8.36. The van der Waals surface area contributed by atoms with Crippen molar-refractivity contribution < 1.29 is 27.9 Å². The molecule has 4 rings (SSSR count). The van der Waals surface area contributed by atoms with Gasteiger partial charge in [0.05, 0.1) is 28.9 Å². The summed E-state index contributed by atoms with van der Waals surface area (Å²) in [6.07, 6.45) is -4.49. The molecule has 0 aliphatic carbocycles. The minimum absolute atomic E-state index is 0.0774. The quantitative estimate of drug-likeness (QED) is 0.538. The van der Waals surface area contributed by atoms with Crippen molar-refractivity contribution in [2.75, 3.05) is 13.1 Å². The molecular formula is C25H21ClF3N3O3. The summed E-state index contributed by atoms with van der Waals surface area (Å²) in [6.45, 7) is 2.17. The fourth-order valence-corrected chi connectivity index (χ4v) is 3.85. The Bertz CT molecular complexity index is 1270. The number of carbonyl (C=O) groups is 2. The number of amides is 2. The second kappa shape index (κ2) is 9.67. The van der Waals surface area contributed by atoms with E-state index in [-0.39, 0.29) is 47.4 Å². The number of rotatable bonds is 5. The maximum atomic E-state index is 12.9. The minimum Gasteiger partial charge on any atom is -0.389 e. The van der Waals surface area contributed by atoms with Gasteiger partial charge in [0, 0.05) is 30.4 Å². The van der Waals surface area contributed by atoms with Gasteiger partial charge in [0.2, 0.25) is 0 Å². The van der Waals surface area contributed by atoms with Crippen molar-refractivity contribution in [2.24, 2.45) is 0 Å². The number of β-amino-alcohol motifs (C(OH)–C–C–N with tert-alkyl or cyclic N) is 1. The molecule has 0 saturated carbocycles. The SMILES string of the molecule is Cc1ccc(-c2cc(C(=O)NCc3ncc(C(F)(F)F)cc3Cl)cc(C(=O)N3CC(O)C3)c2)cc1. The number of alkyl halides is 3. The molecule has 1 fully saturated rings. The number of aromatic nitrogens is 1. The lowest BCUT2D eigenvalue weighted by Crippen LogP contribution is -2.53. The zero-order chi connectivity index (χ0) is 25.3. The van der Waals surface area contributed by atoms with Crippen molar-refractivity contribution in [2.45, 2.75) is 25.7 Å². The number of likely N-dealkylation sites (tertiary alicyclic amines) is 1. The van der Waals surface area contributed by atoms with Gasteiger partial charge in [0.1, 0.15) is 0 Å². The topological polar surface area (TPSA) is 82.5 Å². The molecule has 0 bridgehead atoms. The Balaban J connectivity index is 1.59. The van der Waals surface area contributed by atoms with Gasteiger partial charge in [-0.05, 0) is 42.3 Å². The monoisotopic (exact) mass is 503 g/mol. The molecule has 10 heteroatoms. The standard InChI is InChI=1S/C25H21ClF3N3O3/c1-14-2-4-15(5-3-14)16-6-17(8-18(7-16)24(35)32-12-20(33)13-32)23(34)31-11-22-21(26)9-19(10-30-22)25(27,28)29/h2-10,20,33H,11-13H2,1H3,(H,31,34). The van der Waals surface area contributed by atoms with E-state index >= 15 is 0 Å². The molecule has 35 heavy (non-hydrogen) atoms. The van der Waals surface area contributed by atoms with Gasteiger partial charge in [-0.25, -0.2) is 0 Å². The normalized spacial score (nSPS) is 13.9. The Morgan fingerprint density at radius 1 is 1.09 bits per heavy atom. The number of pyridine rings is 1. The lowest BCUT2D eigenvalue weighted by molar-refractivity contribution is -0.137. The highest BCUT2D eigenvalue weighted by molar-refractivity contribution is 6.31. The summed E-state index contributed by atoms with van der Waals surface area (Å²) in [6, 6.07) is 13.1. The molecule has 1 saturated heterocycles. The van der Waals surface area contributed by atoms with Crippen molar-refractivity contribution >= 4 is 23.4 Å². The van der Waals surface area contributed by atoms with Crippen LogP contribution in [0.3, 0.4) is 0 Å². The number of aliphatic hydroxyl groups is 1. The van der Waals surface area contributed by atoms with E-state index in [1.165, 1.54) is 11.0 Å². The third kappa shape index (κ3) is 5.63. The molecule has 0 radical (unpaired) electrons. The van der Waals surface area contributed by atoms with Crippen LogP contribution in [-0.2, 0) is 12.7 Å². The van der Waals surface area contributed by atoms with Crippen LogP contribution in [0.4, 0.5) is 13.2 Å². The molecular weight excluding hydrogens is 483 g/mol. The van der Waals surface area contributed by atoms with Crippen molar-refractivity contribution in [3.63, 3.8) is 0 Å². The van der Waals surface area contributed by atoms with E-state index in [0.29, 0.717) is 11.8 Å². The Hall–Kier alpha value is -3.43. The fraction of sp³-hybridized carbons (Fsp3) is 0.240. The number of carbonyl (C=O) groups excluding carboxylic acids is 2. The van der Waals surface area contributed by atoms with E-state index in [9.17, 15) is 27.9 Å². The summed E-state index contributed by atoms with van der Waals surface area (Å²) in [4.78, 5) is 31.0. The Labute approximate surface area is 204 Å². The van der Waals surface area contributed by atoms with Gasteiger partial charge in [-0.15, -0.1) is 0 Å². The predicted octanol–water partition coefficient (Wildman–Crippen LogP) is 4.48. The van der Waals surface area contributed by atoms with E-state index in [2.05, 4.69) is 10.3 Å². The second-order valence-corrected chi connectivity index (χ2v) is 8.77. The highest BCUT2D eigenvalue weighted by Gasteiger charge is 2.32. The summed E-state index contributed by atoms with van der Waals surface area (Å²) >= 11 is 5.93. The highest BCUT2D eigenvalue weighted by Crippen LogP contribution is 2.31. The van der Waals surface area contributed by atoms with Gasteiger partial charge in [-0.3, -0.25) is 14.6 Å². The summed E-state index contributed by atoms with van der Waals surface area (Å²) in [7, 11) is 0. The Morgan fingerprint density at radius 2 is 1.74 bits per heavy atom. The van der Waals surface area contributed by atoms with E-state index in [1.807, 2.05) is 31.2 Å². The molecule has 0 unspecified atom stereocenters. The Morgan fingerprint density at radius 3 is 2.34 bits per heavy atom. The van der Waals surface area contributed by atoms with Crippen molar-refractivity contribution in [3.05, 3.63) is 87.7 Å². The minimum atomic E-state index is -4.58. The molecule has 3 aromatic rings. The fourth-order valence-electron chi connectivity index (χ4n) is 3.62. The average Bonchev–Trinajstić information content (AvgIpc) is 2.80. The van der Waals surface area contributed by atoms with Crippen molar-refractivity contribution in [1.29, 1.82) is 0 Å². The first-order valence-corrected chi connectivity index (χ1v) is 11.1. The first-order valence-electron chi connectivity index (χ1n) is 10.7. The summed E-state index contributed by atoms with van der Waals surface area (Å²) < 4.78 is 38.5. The number of halogens is 4. The van der Waals surface area contributed by atoms with E-state index in [0.717, 1.165) is 17.2 Å². The zero-order valence-electron chi connectivity index (χ0n) is 18.6. The molecule has 2 N–H and O–H groups in total. The van der Waals surface area contributed by atoms with Crippen LogP contribution in [0.2, 0.25) is 5.02 Å². The summed E-state index contributed by atoms with van der Waals surface area (Å²) in [5.74, 6) is -0.861. The van der Waals surface area contributed by atoms with Gasteiger partial charge in [0.15, 0.2) is 0 Å². The molecule has 6 nitrogen and oxygen atoms in total. The number of hydrogen-bond acceptors (Lipinski definition) is 4. The Kier molecular flexibility index (Phi) is 6.82. The van der Waals surface area contributed by atoms with Crippen LogP contribution >= 0.6 is 11.6 Å². The van der Waals surface area contributed by atoms with Crippen LogP contribution < -0.4 is 5.32 Å². The van der Waals surface area contributed by atoms with Gasteiger partial charge >= 0.3 is 6.18 Å². The first kappa shape index (κ1) is 24.7. The zero-order valence-corrected chi connectivity index (χ0v) is 19.3. The number of benzene rings is 2. The van der Waals surface area contributed by atoms with Gasteiger partial charge in [-0.1, -0.05) is 41.4 Å². The smallest absolute Gasteiger partial charge is 0.389 e. The third-order valence-corrected chi connectivity index (χ3v) is 5.96. The van der Waals surface area contributed by atoms with E-state index in [4.69, 9.17) is 11.6 Å². The van der Waals surface area contributed by atoms with Crippen LogP contribution in [0.1, 0.15) is 37.5 Å². The lowest BCUT2D eigenvalue weighted by atomic mass is 9.97. The molecule has 1 aromatic heterocycles. The van der Waals surface area contributed by atoms with Crippen LogP contribution in [0.25, 0.3) is 11.1 Å². The number of hydrogen-bond donors (Lipinski definition) is 2. The molecule has 1 aliphatic heterocycles. The number of nitrogens with zero attached hydrogens (tertiary/aromatic N) is 2. The molecule has 2 amide bonds. The van der Waals surface area contributed by atoms with Gasteiger partial charge < -0.3 is 15.3 Å². The summed E-state index contributed by atoms with van der Waals surface area (Å²) in [5, 5.41) is 11.9. The average molecular weight is 504 g/mol. The molecule has 0 atom stereocenters. The predicted molar refractivity (Wildman–Crippen MR) is 124 cm³/mol. The number of aryl methyl sites for hydroxylation is 1. The number of aliphatic hydroxyl groups excluding tert-OH is 1. The van der Waals surface area contributed by atoms with Gasteiger partial charge in [-0.2, -0.15) is 13.2 Å². The highest BCUT2D eigenvalue weighted by atomic mass is 35.5. The van der Waals surface area contributed by atoms with Crippen LogP contribution in [0.15, 0.2) is 54.7 Å².